The molecule has 0 aromatic heterocycles. The molecule has 1 N–H and O–H groups in total. The third-order valence-corrected chi connectivity index (χ3v) is 7.36. The van der Waals surface area contributed by atoms with Crippen LogP contribution in [-0.4, -0.2) is 46.1 Å². The number of fused-ring (bicyclic) bond motifs is 3. The van der Waals surface area contributed by atoms with Gasteiger partial charge in [0.1, 0.15) is 5.75 Å². The molecular formula is C20H20BrN3O3S. The molecule has 8 heteroatoms. The van der Waals surface area contributed by atoms with Crippen molar-refractivity contribution in [1.82, 2.24) is 9.62 Å². The molecule has 0 aliphatic carbocycles. The number of ether oxygens (including phenoxy) is 1. The second-order valence-corrected chi connectivity index (χ2v) is 9.84. The Kier molecular flexibility index (Phi) is 5.43. The van der Waals surface area contributed by atoms with Gasteiger partial charge in [-0.25, -0.2) is 13.1 Å². The standard InChI is InChI=1S/C20H20BrN3O3S/c21-16-2-4-17(5-3-16)28(25,26)23-7-8-24-11-15-13-27-20-6-1-14(10-22)9-18(20)19(15)12-24/h1-6,9,15,19,23H,7-8,11-13H2/t15-,19+/m1/s1. The Morgan fingerprint density at radius 1 is 1.21 bits per heavy atom. The van der Waals surface area contributed by atoms with Gasteiger partial charge < -0.3 is 9.64 Å². The lowest BCUT2D eigenvalue weighted by Gasteiger charge is -2.27. The third kappa shape index (κ3) is 3.94. The molecule has 2 aromatic rings. The number of hydrogen-bond donors (Lipinski definition) is 1. The van der Waals surface area contributed by atoms with Crippen LogP contribution < -0.4 is 9.46 Å². The highest BCUT2D eigenvalue weighted by Crippen LogP contribution is 2.41. The maximum absolute atomic E-state index is 12.4. The van der Waals surface area contributed by atoms with Crippen LogP contribution >= 0.6 is 15.9 Å². The van der Waals surface area contributed by atoms with Gasteiger partial charge in [-0.1, -0.05) is 15.9 Å². The van der Waals surface area contributed by atoms with Crippen LogP contribution in [0.3, 0.4) is 0 Å². The molecule has 4 rings (SSSR count). The van der Waals surface area contributed by atoms with Gasteiger partial charge in [0, 0.05) is 48.1 Å². The number of likely N-dealkylation sites (tertiary alicyclic amines) is 1. The van der Waals surface area contributed by atoms with E-state index in [9.17, 15) is 8.42 Å². The maximum Gasteiger partial charge on any atom is 0.240 e. The minimum atomic E-state index is -3.51. The smallest absolute Gasteiger partial charge is 0.240 e. The topological polar surface area (TPSA) is 82.4 Å². The van der Waals surface area contributed by atoms with Gasteiger partial charge in [0.2, 0.25) is 10.0 Å². The molecule has 1 saturated heterocycles. The van der Waals surface area contributed by atoms with E-state index in [-0.39, 0.29) is 4.90 Å². The summed E-state index contributed by atoms with van der Waals surface area (Å²) in [5.74, 6) is 1.54. The third-order valence-electron chi connectivity index (χ3n) is 5.35. The van der Waals surface area contributed by atoms with E-state index >= 15 is 0 Å². The Labute approximate surface area is 173 Å². The number of hydrogen-bond acceptors (Lipinski definition) is 5. The zero-order valence-electron chi connectivity index (χ0n) is 15.1. The zero-order valence-corrected chi connectivity index (χ0v) is 17.5. The molecule has 146 valence electrons. The Morgan fingerprint density at radius 3 is 2.75 bits per heavy atom. The predicted molar refractivity (Wildman–Crippen MR) is 109 cm³/mol. The van der Waals surface area contributed by atoms with E-state index in [4.69, 9.17) is 10.00 Å². The Hall–Kier alpha value is -1.92. The summed E-state index contributed by atoms with van der Waals surface area (Å²) < 4.78 is 34.2. The molecule has 28 heavy (non-hydrogen) atoms. The SMILES string of the molecule is N#Cc1ccc2c(c1)[C@H]1CN(CCNS(=O)(=O)c3ccc(Br)cc3)C[C@@H]1CO2. The van der Waals surface area contributed by atoms with Crippen LogP contribution in [-0.2, 0) is 10.0 Å². The van der Waals surface area contributed by atoms with E-state index in [1.165, 1.54) is 0 Å². The van der Waals surface area contributed by atoms with Gasteiger partial charge in [0.15, 0.2) is 0 Å². The van der Waals surface area contributed by atoms with Gasteiger partial charge in [-0.3, -0.25) is 0 Å². The summed E-state index contributed by atoms with van der Waals surface area (Å²) in [6.07, 6.45) is 0. The monoisotopic (exact) mass is 461 g/mol. The first kappa shape index (κ1) is 19.4. The molecule has 0 spiro atoms. The van der Waals surface area contributed by atoms with Crippen LogP contribution in [0.5, 0.6) is 5.75 Å². The maximum atomic E-state index is 12.4. The fourth-order valence-corrected chi connectivity index (χ4v) is 5.22. The molecule has 2 aliphatic rings. The van der Waals surface area contributed by atoms with Gasteiger partial charge in [-0.15, -0.1) is 0 Å². The fraction of sp³-hybridized carbons (Fsp3) is 0.350. The molecule has 1 fully saturated rings. The summed E-state index contributed by atoms with van der Waals surface area (Å²) in [4.78, 5) is 2.52. The molecule has 2 heterocycles. The Balaban J connectivity index is 1.37. The summed E-state index contributed by atoms with van der Waals surface area (Å²) >= 11 is 3.31. The number of nitrogens with one attached hydrogen (secondary N) is 1. The van der Waals surface area contributed by atoms with Gasteiger partial charge >= 0.3 is 0 Å². The van der Waals surface area contributed by atoms with Crippen molar-refractivity contribution < 1.29 is 13.2 Å². The zero-order chi connectivity index (χ0) is 19.7. The normalized spacial score (nSPS) is 21.4. The van der Waals surface area contributed by atoms with Gasteiger partial charge in [-0.05, 0) is 42.5 Å². The second-order valence-electron chi connectivity index (χ2n) is 7.15. The first-order valence-corrected chi connectivity index (χ1v) is 11.4. The van der Waals surface area contributed by atoms with Crippen LogP contribution in [0.25, 0.3) is 0 Å². The van der Waals surface area contributed by atoms with E-state index in [0.29, 0.717) is 37.1 Å². The molecule has 0 bridgehead atoms. The highest BCUT2D eigenvalue weighted by molar-refractivity contribution is 9.10. The Morgan fingerprint density at radius 2 is 2.00 bits per heavy atom. The number of benzene rings is 2. The molecule has 2 aromatic carbocycles. The highest BCUT2D eigenvalue weighted by Gasteiger charge is 2.38. The van der Waals surface area contributed by atoms with Crippen molar-refractivity contribution in [3.63, 3.8) is 0 Å². The van der Waals surface area contributed by atoms with Gasteiger partial charge in [0.25, 0.3) is 0 Å². The minimum absolute atomic E-state index is 0.261. The second kappa shape index (κ2) is 7.84. The summed E-state index contributed by atoms with van der Waals surface area (Å²) in [5, 5.41) is 9.16. The molecule has 2 aliphatic heterocycles. The minimum Gasteiger partial charge on any atom is -0.493 e. The largest absolute Gasteiger partial charge is 0.493 e. The fourth-order valence-electron chi connectivity index (χ4n) is 3.94. The van der Waals surface area contributed by atoms with Crippen LogP contribution in [0.4, 0.5) is 0 Å². The van der Waals surface area contributed by atoms with Gasteiger partial charge in [-0.2, -0.15) is 5.26 Å². The molecule has 0 radical (unpaired) electrons. The van der Waals surface area contributed by atoms with Gasteiger partial charge in [0.05, 0.1) is 23.1 Å². The van der Waals surface area contributed by atoms with Crippen LogP contribution in [0.2, 0.25) is 0 Å². The summed E-state index contributed by atoms with van der Waals surface area (Å²) in [7, 11) is -3.51. The van der Waals surface area contributed by atoms with E-state index in [2.05, 4.69) is 31.6 Å². The predicted octanol–water partition coefficient (Wildman–Crippen LogP) is 2.71. The molecule has 0 amide bonds. The van der Waals surface area contributed by atoms with Crippen molar-refractivity contribution in [2.24, 2.45) is 5.92 Å². The van der Waals surface area contributed by atoms with Crippen LogP contribution in [0, 0.1) is 17.2 Å². The summed E-state index contributed by atoms with van der Waals surface area (Å²) in [6, 6.07) is 14.4. The number of sulfonamides is 1. The van der Waals surface area contributed by atoms with Crippen molar-refractivity contribution >= 4 is 26.0 Å². The quantitative estimate of drug-likeness (QED) is 0.739. The van der Waals surface area contributed by atoms with E-state index in [0.717, 1.165) is 28.9 Å². The molecule has 0 saturated carbocycles. The summed E-state index contributed by atoms with van der Waals surface area (Å²) in [6.45, 7) is 3.35. The lowest BCUT2D eigenvalue weighted by molar-refractivity contribution is 0.213. The van der Waals surface area contributed by atoms with E-state index in [1.54, 1.807) is 30.3 Å². The molecular weight excluding hydrogens is 442 g/mol. The average molecular weight is 462 g/mol. The van der Waals surface area contributed by atoms with Crippen molar-refractivity contribution in [1.29, 1.82) is 5.26 Å². The van der Waals surface area contributed by atoms with Crippen molar-refractivity contribution in [3.8, 4) is 11.8 Å². The number of rotatable bonds is 5. The molecule has 6 nitrogen and oxygen atoms in total. The van der Waals surface area contributed by atoms with E-state index in [1.807, 2.05) is 12.1 Å². The van der Waals surface area contributed by atoms with Crippen LogP contribution in [0.1, 0.15) is 17.0 Å². The van der Waals surface area contributed by atoms with E-state index < -0.39 is 10.0 Å². The summed E-state index contributed by atoms with van der Waals surface area (Å²) in [5.41, 5.74) is 1.73. The number of nitriles is 1. The van der Waals surface area contributed by atoms with Crippen LogP contribution in [0.15, 0.2) is 51.8 Å². The molecule has 2 atom stereocenters. The number of nitrogens with zero attached hydrogens (tertiary/aromatic N) is 2. The lowest BCUT2D eigenvalue weighted by atomic mass is 9.86. The van der Waals surface area contributed by atoms with Crippen molar-refractivity contribution in [2.45, 2.75) is 10.8 Å². The average Bonchev–Trinajstić information content (AvgIpc) is 3.11. The molecule has 0 unspecified atom stereocenters. The lowest BCUT2D eigenvalue weighted by Crippen LogP contribution is -2.34. The first-order chi connectivity index (χ1) is 13.5. The van der Waals surface area contributed by atoms with Crippen molar-refractivity contribution in [2.75, 3.05) is 32.8 Å². The number of halogens is 1. The first-order valence-electron chi connectivity index (χ1n) is 9.11. The Bertz CT molecular complexity index is 1020. The van der Waals surface area contributed by atoms with Crippen molar-refractivity contribution in [3.05, 3.63) is 58.1 Å². The highest BCUT2D eigenvalue weighted by atomic mass is 79.9.